The fourth-order valence-electron chi connectivity index (χ4n) is 4.12. The molecule has 0 bridgehead atoms. The Hall–Kier alpha value is -2.74. The Kier molecular flexibility index (Phi) is 7.33. The average molecular weight is 451 g/mol. The molecule has 5 nitrogen and oxygen atoms in total. The number of carbonyl (C=O) groups is 1. The molecule has 0 radical (unpaired) electrons. The van der Waals surface area contributed by atoms with Crippen LogP contribution >= 0.6 is 0 Å². The first-order valence-corrected chi connectivity index (χ1v) is 10.6. The molecular formula is C24H29F3N2O3. The van der Waals surface area contributed by atoms with Crippen LogP contribution in [0.1, 0.15) is 55.0 Å². The number of halogens is 3. The predicted molar refractivity (Wildman–Crippen MR) is 115 cm³/mol. The van der Waals surface area contributed by atoms with Crippen molar-refractivity contribution < 1.29 is 27.4 Å². The van der Waals surface area contributed by atoms with E-state index in [4.69, 9.17) is 9.47 Å². The summed E-state index contributed by atoms with van der Waals surface area (Å²) >= 11 is 0. The van der Waals surface area contributed by atoms with Gasteiger partial charge in [-0.05, 0) is 62.9 Å². The summed E-state index contributed by atoms with van der Waals surface area (Å²) in [5.41, 5.74) is 1.74. The van der Waals surface area contributed by atoms with E-state index in [0.717, 1.165) is 29.7 Å². The third-order valence-electron chi connectivity index (χ3n) is 5.62. The van der Waals surface area contributed by atoms with Crippen LogP contribution in [0.15, 0.2) is 42.5 Å². The maximum atomic E-state index is 13.2. The lowest BCUT2D eigenvalue weighted by Gasteiger charge is -2.32. The van der Waals surface area contributed by atoms with E-state index in [1.165, 1.54) is 13.2 Å². The van der Waals surface area contributed by atoms with E-state index in [1.54, 1.807) is 18.7 Å². The smallest absolute Gasteiger partial charge is 0.416 e. The van der Waals surface area contributed by atoms with Crippen molar-refractivity contribution in [1.29, 1.82) is 0 Å². The van der Waals surface area contributed by atoms with Crippen LogP contribution in [0.25, 0.3) is 0 Å². The molecule has 1 saturated heterocycles. The van der Waals surface area contributed by atoms with Gasteiger partial charge in [-0.3, -0.25) is 10.2 Å². The second-order valence-corrected chi connectivity index (χ2v) is 8.21. The number of rotatable bonds is 6. The van der Waals surface area contributed by atoms with Crippen LogP contribution in [0.3, 0.4) is 0 Å². The summed E-state index contributed by atoms with van der Waals surface area (Å²) in [7, 11) is 1.42. The van der Waals surface area contributed by atoms with Crippen molar-refractivity contribution in [3.05, 3.63) is 64.7 Å². The second kappa shape index (κ2) is 9.81. The lowest BCUT2D eigenvalue weighted by molar-refractivity contribution is -0.137. The van der Waals surface area contributed by atoms with Crippen molar-refractivity contribution in [2.24, 2.45) is 0 Å². The van der Waals surface area contributed by atoms with E-state index < -0.39 is 17.8 Å². The van der Waals surface area contributed by atoms with Gasteiger partial charge in [-0.2, -0.15) is 13.2 Å². The average Bonchev–Trinajstić information content (AvgIpc) is 3.15. The monoisotopic (exact) mass is 450 g/mol. The van der Waals surface area contributed by atoms with Gasteiger partial charge in [0, 0.05) is 12.1 Å². The molecule has 1 N–H and O–H groups in total. The highest BCUT2D eigenvalue weighted by Crippen LogP contribution is 2.38. The van der Waals surface area contributed by atoms with Crippen LogP contribution in [-0.2, 0) is 17.5 Å². The maximum Gasteiger partial charge on any atom is 0.416 e. The Bertz CT molecular complexity index is 946. The van der Waals surface area contributed by atoms with Crippen molar-refractivity contribution in [2.45, 2.75) is 64.6 Å². The van der Waals surface area contributed by atoms with Crippen LogP contribution < -0.4 is 10.1 Å². The summed E-state index contributed by atoms with van der Waals surface area (Å²) in [4.78, 5) is 14.6. The number of benzene rings is 2. The molecule has 8 heteroatoms. The van der Waals surface area contributed by atoms with E-state index in [2.05, 4.69) is 5.32 Å². The van der Waals surface area contributed by atoms with Gasteiger partial charge in [0.25, 0.3) is 0 Å². The number of ether oxygens (including phenoxy) is 2. The number of hydrogen-bond acceptors (Lipinski definition) is 4. The Morgan fingerprint density at radius 2 is 1.91 bits per heavy atom. The fraction of sp³-hybridized carbons (Fsp3) is 0.458. The lowest BCUT2D eigenvalue weighted by Crippen LogP contribution is -2.46. The van der Waals surface area contributed by atoms with Gasteiger partial charge < -0.3 is 9.47 Å². The zero-order valence-corrected chi connectivity index (χ0v) is 18.7. The number of likely N-dealkylation sites (tertiary alicyclic amines) is 1. The summed E-state index contributed by atoms with van der Waals surface area (Å²) in [5.74, 6) is 0.357. The number of aryl methyl sites for hydroxylation is 1. The number of methoxy groups -OCH3 is 1. The second-order valence-electron chi connectivity index (χ2n) is 8.21. The number of nitrogens with zero attached hydrogens (tertiary/aromatic N) is 1. The Morgan fingerprint density at radius 1 is 1.19 bits per heavy atom. The molecule has 1 fully saturated rings. The first kappa shape index (κ1) is 23.9. The van der Waals surface area contributed by atoms with Gasteiger partial charge in [-0.25, -0.2) is 4.79 Å². The molecule has 0 aromatic heterocycles. The number of alkyl halides is 3. The minimum absolute atomic E-state index is 0.115. The molecule has 1 aliphatic rings. The molecule has 174 valence electrons. The van der Waals surface area contributed by atoms with E-state index in [1.807, 2.05) is 31.2 Å². The molecule has 32 heavy (non-hydrogen) atoms. The SMILES string of the molecule is COc1ccc(C(F)(F)F)cc1CNC1CCC(c2ccccc2C)N1C(=O)OC(C)C. The van der Waals surface area contributed by atoms with Crippen molar-refractivity contribution in [2.75, 3.05) is 7.11 Å². The fourth-order valence-corrected chi connectivity index (χ4v) is 4.12. The summed E-state index contributed by atoms with van der Waals surface area (Å²) in [5, 5.41) is 3.25. The van der Waals surface area contributed by atoms with E-state index in [-0.39, 0.29) is 24.9 Å². The largest absolute Gasteiger partial charge is 0.496 e. The molecule has 2 aromatic carbocycles. The van der Waals surface area contributed by atoms with Crippen LogP contribution in [0.2, 0.25) is 0 Å². The molecule has 1 aliphatic heterocycles. The summed E-state index contributed by atoms with van der Waals surface area (Å²) in [6.45, 7) is 5.68. The third-order valence-corrected chi connectivity index (χ3v) is 5.62. The van der Waals surface area contributed by atoms with Crippen molar-refractivity contribution in [3.8, 4) is 5.75 Å². The summed E-state index contributed by atoms with van der Waals surface area (Å²) in [6, 6.07) is 11.1. The maximum absolute atomic E-state index is 13.2. The Labute approximate surface area is 186 Å². The predicted octanol–water partition coefficient (Wildman–Crippen LogP) is 5.82. The highest BCUT2D eigenvalue weighted by atomic mass is 19.4. The van der Waals surface area contributed by atoms with Gasteiger partial charge in [-0.15, -0.1) is 0 Å². The van der Waals surface area contributed by atoms with Crippen LogP contribution in [0, 0.1) is 6.92 Å². The van der Waals surface area contributed by atoms with Crippen molar-refractivity contribution >= 4 is 6.09 Å². The molecule has 1 amide bonds. The standard InChI is InChI=1S/C24H29F3N2O3/c1-15(2)32-23(30)29-20(19-8-6-5-7-16(19)3)10-12-22(29)28-14-17-13-18(24(25,26)27)9-11-21(17)31-4/h5-9,11,13,15,20,22,28H,10,12,14H2,1-4H3. The van der Waals surface area contributed by atoms with Gasteiger partial charge >= 0.3 is 12.3 Å². The number of hydrogen-bond donors (Lipinski definition) is 1. The highest BCUT2D eigenvalue weighted by Gasteiger charge is 2.39. The molecule has 2 atom stereocenters. The highest BCUT2D eigenvalue weighted by molar-refractivity contribution is 5.69. The molecule has 0 spiro atoms. The minimum atomic E-state index is -4.45. The molecule has 0 saturated carbocycles. The summed E-state index contributed by atoms with van der Waals surface area (Å²) < 4.78 is 50.3. The molecule has 0 aliphatic carbocycles. The quantitative estimate of drug-likeness (QED) is 0.603. The first-order chi connectivity index (χ1) is 15.1. The lowest BCUT2D eigenvalue weighted by atomic mass is 10.00. The van der Waals surface area contributed by atoms with Crippen LogP contribution in [-0.4, -0.2) is 30.4 Å². The number of amides is 1. The molecule has 2 unspecified atom stereocenters. The topological polar surface area (TPSA) is 50.8 Å². The third kappa shape index (κ3) is 5.35. The van der Waals surface area contributed by atoms with Gasteiger partial charge in [0.15, 0.2) is 0 Å². The van der Waals surface area contributed by atoms with Crippen molar-refractivity contribution in [3.63, 3.8) is 0 Å². The van der Waals surface area contributed by atoms with E-state index in [9.17, 15) is 18.0 Å². The molecule has 3 rings (SSSR count). The van der Waals surface area contributed by atoms with E-state index >= 15 is 0 Å². The number of carbonyl (C=O) groups excluding carboxylic acids is 1. The van der Waals surface area contributed by atoms with Gasteiger partial charge in [0.2, 0.25) is 0 Å². The molecule has 2 aromatic rings. The first-order valence-electron chi connectivity index (χ1n) is 10.6. The summed E-state index contributed by atoms with van der Waals surface area (Å²) in [6.07, 6.45) is -4.20. The Balaban J connectivity index is 1.85. The van der Waals surface area contributed by atoms with Crippen LogP contribution in [0.4, 0.5) is 18.0 Å². The van der Waals surface area contributed by atoms with E-state index in [0.29, 0.717) is 17.7 Å². The zero-order chi connectivity index (χ0) is 23.5. The van der Waals surface area contributed by atoms with Gasteiger partial charge in [-0.1, -0.05) is 24.3 Å². The normalized spacial score (nSPS) is 18.8. The Morgan fingerprint density at radius 3 is 2.53 bits per heavy atom. The zero-order valence-electron chi connectivity index (χ0n) is 18.7. The van der Waals surface area contributed by atoms with Gasteiger partial charge in [0.05, 0.1) is 31.0 Å². The molecular weight excluding hydrogens is 421 g/mol. The van der Waals surface area contributed by atoms with Crippen molar-refractivity contribution in [1.82, 2.24) is 10.2 Å². The molecule has 1 heterocycles. The minimum Gasteiger partial charge on any atom is -0.496 e. The van der Waals surface area contributed by atoms with Gasteiger partial charge in [0.1, 0.15) is 5.75 Å². The van der Waals surface area contributed by atoms with Crippen LogP contribution in [0.5, 0.6) is 5.75 Å². The number of nitrogens with one attached hydrogen (secondary N) is 1.